The van der Waals surface area contributed by atoms with Gasteiger partial charge in [-0.05, 0) is 50.6 Å². The van der Waals surface area contributed by atoms with Crippen LogP contribution in [0.3, 0.4) is 0 Å². The van der Waals surface area contributed by atoms with E-state index in [-0.39, 0.29) is 6.61 Å². The highest BCUT2D eigenvalue weighted by atomic mass is 16.5. The molecule has 0 spiro atoms. The minimum Gasteiger partial charge on any atom is -0.490 e. The van der Waals surface area contributed by atoms with Crippen molar-refractivity contribution in [3.8, 4) is 11.5 Å². The second-order valence-electron chi connectivity index (χ2n) is 4.77. The van der Waals surface area contributed by atoms with Gasteiger partial charge in [0.2, 0.25) is 0 Å². The maximum atomic E-state index is 9.14. The van der Waals surface area contributed by atoms with Crippen molar-refractivity contribution in [2.75, 3.05) is 32.8 Å². The van der Waals surface area contributed by atoms with E-state index in [4.69, 9.17) is 14.6 Å². The molecule has 106 valence electrons. The number of aliphatic hydroxyl groups excluding tert-OH is 1. The van der Waals surface area contributed by atoms with Crippen molar-refractivity contribution in [1.82, 2.24) is 4.90 Å². The molecule has 1 aromatic rings. The fourth-order valence-electron chi connectivity index (χ4n) is 2.33. The summed E-state index contributed by atoms with van der Waals surface area (Å²) >= 11 is 0. The van der Waals surface area contributed by atoms with Gasteiger partial charge in [0.15, 0.2) is 11.5 Å². The minimum absolute atomic E-state index is 0.0220. The molecule has 1 aliphatic rings. The van der Waals surface area contributed by atoms with E-state index in [1.807, 2.05) is 25.1 Å². The van der Waals surface area contributed by atoms with Crippen molar-refractivity contribution in [2.24, 2.45) is 0 Å². The zero-order valence-electron chi connectivity index (χ0n) is 11.6. The van der Waals surface area contributed by atoms with Crippen LogP contribution in [0.4, 0.5) is 0 Å². The van der Waals surface area contributed by atoms with E-state index in [2.05, 4.69) is 4.90 Å². The predicted molar refractivity (Wildman–Crippen MR) is 74.7 cm³/mol. The summed E-state index contributed by atoms with van der Waals surface area (Å²) in [7, 11) is 0. The molecular formula is C15H23NO3. The van der Waals surface area contributed by atoms with E-state index >= 15 is 0 Å². The van der Waals surface area contributed by atoms with Gasteiger partial charge in [-0.3, -0.25) is 4.90 Å². The maximum absolute atomic E-state index is 9.14. The first kappa shape index (κ1) is 14.2. The Morgan fingerprint density at radius 3 is 2.63 bits per heavy atom. The lowest BCUT2D eigenvalue weighted by atomic mass is 10.2. The van der Waals surface area contributed by atoms with Gasteiger partial charge in [-0.25, -0.2) is 0 Å². The molecule has 0 atom stereocenters. The Balaban J connectivity index is 1.90. The molecule has 1 aromatic carbocycles. The average Bonchev–Trinajstić information content (AvgIpc) is 2.94. The average molecular weight is 265 g/mol. The molecule has 1 heterocycles. The highest BCUT2D eigenvalue weighted by molar-refractivity contribution is 5.42. The van der Waals surface area contributed by atoms with Crippen LogP contribution in [0.2, 0.25) is 0 Å². The number of nitrogens with zero attached hydrogens (tertiary/aromatic N) is 1. The minimum atomic E-state index is 0.0220. The van der Waals surface area contributed by atoms with E-state index in [0.29, 0.717) is 13.2 Å². The number of rotatable bonds is 7. The molecule has 0 unspecified atom stereocenters. The summed E-state index contributed by atoms with van der Waals surface area (Å²) in [6.07, 6.45) is 2.60. The van der Waals surface area contributed by atoms with Crippen molar-refractivity contribution in [3.63, 3.8) is 0 Å². The lowest BCUT2D eigenvalue weighted by Gasteiger charge is -2.17. The summed E-state index contributed by atoms with van der Waals surface area (Å²) in [6, 6.07) is 5.59. The fourth-order valence-corrected chi connectivity index (χ4v) is 2.33. The molecule has 0 bridgehead atoms. The third-order valence-electron chi connectivity index (χ3n) is 3.35. The highest BCUT2D eigenvalue weighted by Gasteiger charge is 2.12. The Hall–Kier alpha value is -1.26. The van der Waals surface area contributed by atoms with Crippen molar-refractivity contribution >= 4 is 0 Å². The molecule has 0 saturated carbocycles. The summed E-state index contributed by atoms with van der Waals surface area (Å²) in [5, 5.41) is 9.14. The van der Waals surface area contributed by atoms with E-state index in [0.717, 1.165) is 23.6 Å². The smallest absolute Gasteiger partial charge is 0.161 e. The Bertz CT molecular complexity index is 389. The summed E-state index contributed by atoms with van der Waals surface area (Å²) in [4.78, 5) is 2.42. The van der Waals surface area contributed by atoms with Gasteiger partial charge < -0.3 is 14.6 Å². The van der Waals surface area contributed by atoms with Crippen LogP contribution in [0, 0.1) is 0 Å². The number of likely N-dealkylation sites (tertiary alicyclic amines) is 1. The highest BCUT2D eigenvalue weighted by Crippen LogP contribution is 2.28. The normalized spacial score (nSPS) is 15.7. The molecule has 0 aliphatic carbocycles. The van der Waals surface area contributed by atoms with Crippen LogP contribution in [0.15, 0.2) is 18.2 Å². The van der Waals surface area contributed by atoms with Crippen molar-refractivity contribution < 1.29 is 14.6 Å². The molecule has 1 fully saturated rings. The Morgan fingerprint density at radius 1 is 1.16 bits per heavy atom. The Kier molecular flexibility index (Phi) is 5.48. The van der Waals surface area contributed by atoms with Crippen molar-refractivity contribution in [3.05, 3.63) is 23.8 Å². The number of benzene rings is 1. The molecule has 4 heteroatoms. The van der Waals surface area contributed by atoms with Crippen molar-refractivity contribution in [1.29, 1.82) is 0 Å². The summed E-state index contributed by atoms with van der Waals surface area (Å²) in [5.41, 5.74) is 0.843. The topological polar surface area (TPSA) is 41.9 Å². The standard InChI is InChI=1S/C15H23NO3/c1-2-18-15-11-13(12-17)5-6-14(15)19-10-9-16-7-3-4-8-16/h5-6,11,17H,2-4,7-10,12H2,1H3. The molecular weight excluding hydrogens is 242 g/mol. The van der Waals surface area contributed by atoms with Crippen LogP contribution in [-0.4, -0.2) is 42.9 Å². The summed E-state index contributed by atoms with van der Waals surface area (Å²) < 4.78 is 11.4. The van der Waals surface area contributed by atoms with Crippen molar-refractivity contribution in [2.45, 2.75) is 26.4 Å². The second kappa shape index (κ2) is 7.36. The molecule has 4 nitrogen and oxygen atoms in total. The number of hydrogen-bond acceptors (Lipinski definition) is 4. The van der Waals surface area contributed by atoms with Gasteiger partial charge >= 0.3 is 0 Å². The third-order valence-corrected chi connectivity index (χ3v) is 3.35. The monoisotopic (exact) mass is 265 g/mol. The Labute approximate surface area is 114 Å². The number of ether oxygens (including phenoxy) is 2. The van der Waals surface area contributed by atoms with Crippen LogP contribution in [0.5, 0.6) is 11.5 Å². The summed E-state index contributed by atoms with van der Waals surface area (Å²) in [6.45, 7) is 6.58. The van der Waals surface area contributed by atoms with Crippen LogP contribution < -0.4 is 9.47 Å². The molecule has 0 aromatic heterocycles. The lowest BCUT2D eigenvalue weighted by molar-refractivity contribution is 0.225. The Morgan fingerprint density at radius 2 is 1.95 bits per heavy atom. The fraction of sp³-hybridized carbons (Fsp3) is 0.600. The van der Waals surface area contributed by atoms with Crippen LogP contribution in [0.1, 0.15) is 25.3 Å². The second-order valence-corrected chi connectivity index (χ2v) is 4.77. The van der Waals surface area contributed by atoms with Gasteiger partial charge in [-0.15, -0.1) is 0 Å². The van der Waals surface area contributed by atoms with E-state index < -0.39 is 0 Å². The zero-order chi connectivity index (χ0) is 13.5. The maximum Gasteiger partial charge on any atom is 0.161 e. The summed E-state index contributed by atoms with van der Waals surface area (Å²) in [5.74, 6) is 1.48. The molecule has 1 aliphatic heterocycles. The lowest BCUT2D eigenvalue weighted by Crippen LogP contribution is -2.25. The first-order valence-corrected chi connectivity index (χ1v) is 7.05. The molecule has 19 heavy (non-hydrogen) atoms. The molecule has 1 saturated heterocycles. The van der Waals surface area contributed by atoms with Crippen LogP contribution in [0.25, 0.3) is 0 Å². The van der Waals surface area contributed by atoms with Gasteiger partial charge in [0.05, 0.1) is 13.2 Å². The van der Waals surface area contributed by atoms with Gasteiger partial charge in [0.25, 0.3) is 0 Å². The van der Waals surface area contributed by atoms with Gasteiger partial charge in [-0.1, -0.05) is 6.07 Å². The predicted octanol–water partition coefficient (Wildman–Crippen LogP) is 2.05. The molecule has 0 radical (unpaired) electrons. The number of aliphatic hydroxyl groups is 1. The largest absolute Gasteiger partial charge is 0.490 e. The van der Waals surface area contributed by atoms with E-state index in [1.54, 1.807) is 0 Å². The number of hydrogen-bond donors (Lipinski definition) is 1. The van der Waals surface area contributed by atoms with Gasteiger partial charge in [0.1, 0.15) is 6.61 Å². The molecule has 1 N–H and O–H groups in total. The van der Waals surface area contributed by atoms with E-state index in [1.165, 1.54) is 25.9 Å². The first-order valence-electron chi connectivity index (χ1n) is 7.05. The van der Waals surface area contributed by atoms with E-state index in [9.17, 15) is 0 Å². The quantitative estimate of drug-likeness (QED) is 0.819. The van der Waals surface area contributed by atoms with Gasteiger partial charge in [0, 0.05) is 6.54 Å². The third kappa shape index (κ3) is 4.11. The first-order chi connectivity index (χ1) is 9.33. The SMILES string of the molecule is CCOc1cc(CO)ccc1OCCN1CCCC1. The molecule has 2 rings (SSSR count). The molecule has 0 amide bonds. The van der Waals surface area contributed by atoms with Crippen LogP contribution >= 0.6 is 0 Å². The zero-order valence-corrected chi connectivity index (χ0v) is 11.6. The van der Waals surface area contributed by atoms with Crippen LogP contribution in [-0.2, 0) is 6.61 Å². The van der Waals surface area contributed by atoms with Gasteiger partial charge in [-0.2, -0.15) is 0 Å².